The van der Waals surface area contributed by atoms with E-state index < -0.39 is 12.0 Å². The summed E-state index contributed by atoms with van der Waals surface area (Å²) < 4.78 is 0. The van der Waals surface area contributed by atoms with E-state index in [0.29, 0.717) is 25.8 Å². The maximum atomic E-state index is 11.2. The molecule has 7 nitrogen and oxygen atoms in total. The molecule has 0 aliphatic rings. The first-order valence-corrected chi connectivity index (χ1v) is 5.24. The van der Waals surface area contributed by atoms with Crippen molar-refractivity contribution in [1.82, 2.24) is 10.6 Å². The zero-order valence-corrected chi connectivity index (χ0v) is 9.35. The Morgan fingerprint density at radius 2 is 2.00 bits per heavy atom. The molecule has 0 saturated heterocycles. The second kappa shape index (κ2) is 9.32. The first-order chi connectivity index (χ1) is 8.11. The Morgan fingerprint density at radius 3 is 2.53 bits per heavy atom. The van der Waals surface area contributed by atoms with Crippen molar-refractivity contribution >= 4 is 24.6 Å². The Hall–Kier alpha value is -1.92. The van der Waals surface area contributed by atoms with Crippen LogP contribution in [0.5, 0.6) is 0 Å². The molecule has 0 fully saturated rings. The van der Waals surface area contributed by atoms with Crippen molar-refractivity contribution < 1.29 is 24.3 Å². The monoisotopic (exact) mass is 244 g/mol. The maximum absolute atomic E-state index is 11.2. The van der Waals surface area contributed by atoms with Crippen molar-refractivity contribution in [1.29, 1.82) is 0 Å². The van der Waals surface area contributed by atoms with Gasteiger partial charge in [0.15, 0.2) is 0 Å². The zero-order chi connectivity index (χ0) is 13.1. The Balaban J connectivity index is 3.76. The van der Waals surface area contributed by atoms with Crippen molar-refractivity contribution in [3.63, 3.8) is 0 Å². The van der Waals surface area contributed by atoms with E-state index in [4.69, 9.17) is 5.11 Å². The topological polar surface area (TPSA) is 113 Å². The highest BCUT2D eigenvalue weighted by Crippen LogP contribution is 1.97. The number of unbranched alkanes of at least 4 members (excludes halogenated alkanes) is 1. The van der Waals surface area contributed by atoms with Crippen LogP contribution in [0.4, 0.5) is 0 Å². The highest BCUT2D eigenvalue weighted by atomic mass is 16.4. The number of hydrogen-bond acceptors (Lipinski definition) is 4. The number of carboxylic acids is 1. The fourth-order valence-corrected chi connectivity index (χ4v) is 1.14. The van der Waals surface area contributed by atoms with E-state index in [9.17, 15) is 19.2 Å². The van der Waals surface area contributed by atoms with Crippen LogP contribution in [-0.2, 0) is 19.2 Å². The van der Waals surface area contributed by atoms with Crippen molar-refractivity contribution in [2.75, 3.05) is 6.54 Å². The van der Waals surface area contributed by atoms with E-state index >= 15 is 0 Å². The summed E-state index contributed by atoms with van der Waals surface area (Å²) in [4.78, 5) is 41.9. The van der Waals surface area contributed by atoms with Crippen molar-refractivity contribution in [2.45, 2.75) is 31.7 Å². The van der Waals surface area contributed by atoms with Gasteiger partial charge < -0.3 is 20.5 Å². The Morgan fingerprint density at radius 1 is 1.29 bits per heavy atom. The minimum Gasteiger partial charge on any atom is -0.480 e. The molecule has 3 N–H and O–H groups in total. The third kappa shape index (κ3) is 7.95. The minimum absolute atomic E-state index is 0.0128. The van der Waals surface area contributed by atoms with E-state index in [1.54, 1.807) is 0 Å². The third-order valence-corrected chi connectivity index (χ3v) is 2.05. The molecule has 1 atom stereocenters. The number of carbonyl (C=O) groups is 4. The maximum Gasteiger partial charge on any atom is 0.326 e. The summed E-state index contributed by atoms with van der Waals surface area (Å²) >= 11 is 0. The molecule has 0 radical (unpaired) electrons. The van der Waals surface area contributed by atoms with E-state index in [-0.39, 0.29) is 18.7 Å². The lowest BCUT2D eigenvalue weighted by atomic mass is 10.1. The number of amides is 2. The molecule has 0 aliphatic carbocycles. The number of rotatable bonds is 10. The molecule has 0 rings (SSSR count). The van der Waals surface area contributed by atoms with Gasteiger partial charge in [-0.05, 0) is 12.8 Å². The van der Waals surface area contributed by atoms with Crippen LogP contribution in [0.2, 0.25) is 0 Å². The average Bonchev–Trinajstić information content (AvgIpc) is 2.29. The lowest BCUT2D eigenvalue weighted by Gasteiger charge is -2.10. The van der Waals surface area contributed by atoms with E-state index in [1.807, 2.05) is 0 Å². The van der Waals surface area contributed by atoms with E-state index in [1.165, 1.54) is 0 Å². The molecule has 0 spiro atoms. The van der Waals surface area contributed by atoms with Crippen molar-refractivity contribution in [3.05, 3.63) is 0 Å². The lowest BCUT2D eigenvalue weighted by molar-refractivity contribution is -0.140. The summed E-state index contributed by atoms with van der Waals surface area (Å²) in [6.07, 6.45) is 2.04. The number of aliphatic carboxylic acids is 1. The van der Waals surface area contributed by atoms with Crippen LogP contribution in [0.25, 0.3) is 0 Å². The molecule has 0 aromatic rings. The Labute approximate surface area is 98.6 Å². The molecular weight excluding hydrogens is 228 g/mol. The SMILES string of the molecule is O=CCCCNC(=O)CCC(NC=O)C(=O)O. The van der Waals surface area contributed by atoms with Gasteiger partial charge in [-0.3, -0.25) is 9.59 Å². The second-order valence-electron chi connectivity index (χ2n) is 3.37. The molecular formula is C10H16N2O5. The molecule has 7 heteroatoms. The first-order valence-electron chi connectivity index (χ1n) is 5.24. The van der Waals surface area contributed by atoms with Crippen LogP contribution in [0.15, 0.2) is 0 Å². The molecule has 0 aliphatic heterocycles. The standard InChI is InChI=1S/C10H16N2O5/c13-6-2-1-5-11-9(15)4-3-8(10(16)17)12-7-14/h6-8H,1-5H2,(H,11,15)(H,12,14)(H,16,17). The van der Waals surface area contributed by atoms with Gasteiger partial charge in [-0.1, -0.05) is 0 Å². The summed E-state index contributed by atoms with van der Waals surface area (Å²) in [5, 5.41) is 13.3. The largest absolute Gasteiger partial charge is 0.480 e. The van der Waals surface area contributed by atoms with Crippen molar-refractivity contribution in [3.8, 4) is 0 Å². The van der Waals surface area contributed by atoms with Gasteiger partial charge in [0.25, 0.3) is 0 Å². The summed E-state index contributed by atoms with van der Waals surface area (Å²) in [5.74, 6) is -1.47. The molecule has 0 saturated carbocycles. The van der Waals surface area contributed by atoms with Gasteiger partial charge in [0.05, 0.1) is 0 Å². The number of carbonyl (C=O) groups excluding carboxylic acids is 3. The van der Waals surface area contributed by atoms with Gasteiger partial charge in [0.1, 0.15) is 12.3 Å². The first kappa shape index (κ1) is 15.1. The highest BCUT2D eigenvalue weighted by Gasteiger charge is 2.17. The molecule has 1 unspecified atom stereocenters. The quantitative estimate of drug-likeness (QED) is 0.339. The minimum atomic E-state index is -1.18. The summed E-state index contributed by atoms with van der Waals surface area (Å²) in [7, 11) is 0. The van der Waals surface area contributed by atoms with Crippen LogP contribution in [-0.4, -0.2) is 42.3 Å². The molecule has 0 aromatic heterocycles. The lowest BCUT2D eigenvalue weighted by Crippen LogP contribution is -2.37. The zero-order valence-electron chi connectivity index (χ0n) is 9.35. The van der Waals surface area contributed by atoms with Crippen LogP contribution in [0.1, 0.15) is 25.7 Å². The Bertz CT molecular complexity index is 280. The fourth-order valence-electron chi connectivity index (χ4n) is 1.14. The number of nitrogens with one attached hydrogen (secondary N) is 2. The van der Waals surface area contributed by atoms with Gasteiger partial charge in [0, 0.05) is 19.4 Å². The molecule has 96 valence electrons. The van der Waals surface area contributed by atoms with E-state index in [0.717, 1.165) is 6.29 Å². The van der Waals surface area contributed by atoms with Crippen LogP contribution in [0, 0.1) is 0 Å². The van der Waals surface area contributed by atoms with Gasteiger partial charge in [-0.2, -0.15) is 0 Å². The molecule has 17 heavy (non-hydrogen) atoms. The normalized spacial score (nSPS) is 11.3. The van der Waals surface area contributed by atoms with Crippen molar-refractivity contribution in [2.24, 2.45) is 0 Å². The summed E-state index contributed by atoms with van der Waals surface area (Å²) in [5.41, 5.74) is 0. The van der Waals surface area contributed by atoms with Crippen LogP contribution >= 0.6 is 0 Å². The number of carboxylic acid groups (broad SMARTS) is 1. The van der Waals surface area contributed by atoms with Gasteiger partial charge in [-0.15, -0.1) is 0 Å². The van der Waals surface area contributed by atoms with Gasteiger partial charge in [0.2, 0.25) is 12.3 Å². The van der Waals surface area contributed by atoms with Crippen LogP contribution < -0.4 is 10.6 Å². The predicted octanol–water partition coefficient (Wildman–Crippen LogP) is -0.939. The molecule has 0 aromatic carbocycles. The van der Waals surface area contributed by atoms with Crippen LogP contribution in [0.3, 0.4) is 0 Å². The third-order valence-electron chi connectivity index (χ3n) is 2.05. The molecule has 0 heterocycles. The predicted molar refractivity (Wildman–Crippen MR) is 58.2 cm³/mol. The molecule has 2 amide bonds. The summed E-state index contributed by atoms with van der Waals surface area (Å²) in [6, 6.07) is -1.05. The highest BCUT2D eigenvalue weighted by molar-refractivity contribution is 5.79. The Kier molecular flexibility index (Phi) is 8.26. The fraction of sp³-hybridized carbons (Fsp3) is 0.600. The second-order valence-corrected chi connectivity index (χ2v) is 3.37. The smallest absolute Gasteiger partial charge is 0.326 e. The summed E-state index contributed by atoms with van der Waals surface area (Å²) in [6.45, 7) is 0.385. The van der Waals surface area contributed by atoms with E-state index in [2.05, 4.69) is 10.6 Å². The number of aldehydes is 1. The molecule has 0 bridgehead atoms. The van der Waals surface area contributed by atoms with Gasteiger partial charge in [-0.25, -0.2) is 4.79 Å². The average molecular weight is 244 g/mol. The number of hydrogen-bond donors (Lipinski definition) is 3. The van der Waals surface area contributed by atoms with Gasteiger partial charge >= 0.3 is 5.97 Å².